The molecule has 0 amide bonds. The summed E-state index contributed by atoms with van der Waals surface area (Å²) >= 11 is 0. The van der Waals surface area contributed by atoms with Crippen molar-refractivity contribution in [1.82, 2.24) is 0 Å². The van der Waals surface area contributed by atoms with Crippen LogP contribution in [0.3, 0.4) is 0 Å². The van der Waals surface area contributed by atoms with E-state index in [1.54, 1.807) is 0 Å². The van der Waals surface area contributed by atoms with E-state index in [4.69, 9.17) is 0 Å². The van der Waals surface area contributed by atoms with Crippen molar-refractivity contribution in [2.75, 3.05) is 4.90 Å². The van der Waals surface area contributed by atoms with Crippen LogP contribution in [0, 0.1) is 0 Å². The number of nitrogens with zero attached hydrogens (tertiary/aromatic N) is 1. The Hall–Kier alpha value is -5.66. The van der Waals surface area contributed by atoms with Gasteiger partial charge in [0.1, 0.15) is 0 Å². The summed E-state index contributed by atoms with van der Waals surface area (Å²) in [4.78, 5) is 2.55. The minimum absolute atomic E-state index is 0.0854. The third-order valence-electron chi connectivity index (χ3n) is 12.1. The molecule has 2 aliphatic heterocycles. The van der Waals surface area contributed by atoms with Crippen LogP contribution < -0.4 is 4.90 Å². The van der Waals surface area contributed by atoms with Crippen molar-refractivity contribution < 1.29 is 0 Å². The summed E-state index contributed by atoms with van der Waals surface area (Å²) in [6.45, 7) is 9.57. The second-order valence-electron chi connectivity index (χ2n) is 15.3. The van der Waals surface area contributed by atoms with Crippen LogP contribution in [0.1, 0.15) is 72.2 Å². The fourth-order valence-corrected chi connectivity index (χ4v) is 9.69. The molecule has 0 fully saturated rings. The topological polar surface area (TPSA) is 3.24 Å². The minimum atomic E-state index is -0.419. The molecule has 0 unspecified atom stereocenters. The summed E-state index contributed by atoms with van der Waals surface area (Å²) < 4.78 is 0. The van der Waals surface area contributed by atoms with Crippen molar-refractivity contribution in [2.24, 2.45) is 0 Å². The quantitative estimate of drug-likeness (QED) is 0.186. The highest BCUT2D eigenvalue weighted by molar-refractivity contribution is 5.94. The van der Waals surface area contributed by atoms with Crippen molar-refractivity contribution >= 4 is 17.1 Å². The monoisotopic (exact) mass is 641 g/mol. The third kappa shape index (κ3) is 3.67. The molecule has 10 rings (SSSR count). The van der Waals surface area contributed by atoms with Crippen LogP contribution in [0.2, 0.25) is 0 Å². The maximum Gasteiger partial charge on any atom is 0.0713 e. The zero-order valence-electron chi connectivity index (χ0n) is 29.0. The molecular formula is C49H39N. The third-order valence-corrected chi connectivity index (χ3v) is 12.1. The average molecular weight is 642 g/mol. The lowest BCUT2D eigenvalue weighted by Crippen LogP contribution is -2.38. The van der Waals surface area contributed by atoms with Crippen LogP contribution in [0.15, 0.2) is 164 Å². The number of benzene rings is 7. The van der Waals surface area contributed by atoms with Gasteiger partial charge in [0.2, 0.25) is 0 Å². The van der Waals surface area contributed by atoms with Crippen molar-refractivity contribution in [3.63, 3.8) is 0 Å². The van der Waals surface area contributed by atoms with Crippen molar-refractivity contribution in [3.8, 4) is 22.3 Å². The Balaban J connectivity index is 1.20. The molecule has 0 atom stereocenters. The molecule has 0 spiro atoms. The highest BCUT2D eigenvalue weighted by Gasteiger charge is 2.47. The molecule has 240 valence electrons. The van der Waals surface area contributed by atoms with Crippen LogP contribution in [0.4, 0.5) is 17.1 Å². The van der Waals surface area contributed by atoms with Crippen LogP contribution in [0.25, 0.3) is 22.3 Å². The van der Waals surface area contributed by atoms with Crippen LogP contribution >= 0.6 is 0 Å². The first kappa shape index (κ1) is 29.3. The molecular weight excluding hydrogens is 603 g/mol. The van der Waals surface area contributed by atoms with Crippen molar-refractivity contribution in [2.45, 2.75) is 43.9 Å². The summed E-state index contributed by atoms with van der Waals surface area (Å²) in [5.74, 6) is 0. The molecule has 2 heterocycles. The number of anilines is 3. The van der Waals surface area contributed by atoms with Gasteiger partial charge in [-0.2, -0.15) is 0 Å². The summed E-state index contributed by atoms with van der Waals surface area (Å²) in [5, 5.41) is 0. The van der Waals surface area contributed by atoms with E-state index < -0.39 is 5.41 Å². The molecule has 1 heteroatoms. The molecule has 0 N–H and O–H groups in total. The van der Waals surface area contributed by atoms with Gasteiger partial charge in [0.05, 0.1) is 22.5 Å². The molecule has 0 radical (unpaired) electrons. The molecule has 3 aliphatic rings. The largest absolute Gasteiger partial charge is 0.309 e. The van der Waals surface area contributed by atoms with Crippen molar-refractivity contribution in [1.29, 1.82) is 0 Å². The van der Waals surface area contributed by atoms with Gasteiger partial charge in [0, 0.05) is 10.8 Å². The molecule has 1 nitrogen and oxygen atoms in total. The van der Waals surface area contributed by atoms with Gasteiger partial charge in [-0.05, 0) is 91.0 Å². The van der Waals surface area contributed by atoms with Gasteiger partial charge >= 0.3 is 0 Å². The van der Waals surface area contributed by atoms with E-state index in [0.29, 0.717) is 0 Å². The first-order chi connectivity index (χ1) is 24.3. The molecule has 7 aromatic carbocycles. The predicted octanol–water partition coefficient (Wildman–Crippen LogP) is 12.5. The van der Waals surface area contributed by atoms with E-state index in [1.807, 2.05) is 0 Å². The van der Waals surface area contributed by atoms with Gasteiger partial charge in [0.15, 0.2) is 0 Å². The average Bonchev–Trinajstić information content (AvgIpc) is 3.46. The molecule has 50 heavy (non-hydrogen) atoms. The van der Waals surface area contributed by atoms with Gasteiger partial charge in [0.25, 0.3) is 0 Å². The fraction of sp³-hybridized carbons (Fsp3) is 0.143. The van der Waals surface area contributed by atoms with E-state index >= 15 is 0 Å². The van der Waals surface area contributed by atoms with Crippen LogP contribution in [-0.2, 0) is 16.2 Å². The first-order valence-electron chi connectivity index (χ1n) is 17.9. The van der Waals surface area contributed by atoms with E-state index in [0.717, 1.165) is 0 Å². The molecule has 0 saturated heterocycles. The standard InChI is InChI=1S/C49H39N/c1-47(2)39-22-13-14-25-44(39)50-45-29-27-33(31-43(45)48(3,4)41-24-15-23-40(47)46(41)50)32-26-28-37-36-20-11-12-21-38(36)49(42(37)30-32,34-16-7-5-8-17-34)35-18-9-6-10-19-35/h5-31H,1-4H3. The second-order valence-corrected chi connectivity index (χ2v) is 15.3. The number of hydrogen-bond donors (Lipinski definition) is 0. The number of hydrogen-bond acceptors (Lipinski definition) is 1. The van der Waals surface area contributed by atoms with Crippen LogP contribution in [0.5, 0.6) is 0 Å². The normalized spacial score (nSPS) is 16.4. The van der Waals surface area contributed by atoms with E-state index in [-0.39, 0.29) is 10.8 Å². The lowest BCUT2D eigenvalue weighted by atomic mass is 9.66. The van der Waals surface area contributed by atoms with Gasteiger partial charge in [-0.25, -0.2) is 0 Å². The first-order valence-corrected chi connectivity index (χ1v) is 17.9. The van der Waals surface area contributed by atoms with Crippen LogP contribution in [-0.4, -0.2) is 0 Å². The lowest BCUT2D eigenvalue weighted by Gasteiger charge is -2.49. The Morgan fingerprint density at radius 3 is 1.52 bits per heavy atom. The second kappa shape index (κ2) is 10.2. The Bertz CT molecular complexity index is 2440. The molecule has 1 aliphatic carbocycles. The summed E-state index contributed by atoms with van der Waals surface area (Å²) in [7, 11) is 0. The number of fused-ring (bicyclic) bond motifs is 7. The number of rotatable bonds is 3. The Labute approximate surface area is 295 Å². The summed E-state index contributed by atoms with van der Waals surface area (Å²) in [5.41, 5.74) is 19.1. The molecule has 0 bridgehead atoms. The van der Waals surface area contributed by atoms with Gasteiger partial charge in [-0.3, -0.25) is 0 Å². The zero-order chi connectivity index (χ0) is 33.8. The molecule has 0 saturated carbocycles. The fourth-order valence-electron chi connectivity index (χ4n) is 9.69. The maximum atomic E-state index is 2.55. The highest BCUT2D eigenvalue weighted by Crippen LogP contribution is 2.61. The Morgan fingerprint density at radius 1 is 0.360 bits per heavy atom. The lowest BCUT2D eigenvalue weighted by molar-refractivity contribution is 0.597. The van der Waals surface area contributed by atoms with E-state index in [9.17, 15) is 0 Å². The smallest absolute Gasteiger partial charge is 0.0713 e. The minimum Gasteiger partial charge on any atom is -0.309 e. The van der Waals surface area contributed by atoms with E-state index in [1.165, 1.54) is 83.8 Å². The SMILES string of the molecule is CC1(C)c2ccccc2N2c3ccc(-c4ccc5c(c4)C(c4ccccc4)(c4ccccc4)c4ccccc4-5)cc3C(C)(C)c3cccc1c32. The maximum absolute atomic E-state index is 2.55. The van der Waals surface area contributed by atoms with E-state index in [2.05, 4.69) is 196 Å². The van der Waals surface area contributed by atoms with Gasteiger partial charge < -0.3 is 4.90 Å². The Kier molecular flexibility index (Phi) is 5.96. The zero-order valence-corrected chi connectivity index (χ0v) is 29.0. The molecule has 0 aromatic heterocycles. The molecule has 7 aromatic rings. The summed E-state index contributed by atoms with van der Waals surface area (Å²) in [6.07, 6.45) is 0. The van der Waals surface area contributed by atoms with Crippen molar-refractivity contribution in [3.05, 3.63) is 208 Å². The Morgan fingerprint density at radius 2 is 0.840 bits per heavy atom. The summed E-state index contributed by atoms with van der Waals surface area (Å²) in [6, 6.07) is 61.5. The predicted molar refractivity (Wildman–Crippen MR) is 208 cm³/mol. The van der Waals surface area contributed by atoms with Gasteiger partial charge in [-0.1, -0.05) is 167 Å². The number of para-hydroxylation sites is 2. The van der Waals surface area contributed by atoms with Gasteiger partial charge in [-0.15, -0.1) is 0 Å². The highest BCUT2D eigenvalue weighted by atomic mass is 15.2.